The Balaban J connectivity index is 1.15. The van der Waals surface area contributed by atoms with Gasteiger partial charge in [0.1, 0.15) is 0 Å². The van der Waals surface area contributed by atoms with Gasteiger partial charge in [-0.25, -0.2) is 0 Å². The predicted molar refractivity (Wildman–Crippen MR) is 160 cm³/mol. The van der Waals surface area contributed by atoms with E-state index in [0.29, 0.717) is 11.5 Å². The van der Waals surface area contributed by atoms with E-state index < -0.39 is 0 Å². The van der Waals surface area contributed by atoms with E-state index in [9.17, 15) is 9.59 Å². The van der Waals surface area contributed by atoms with Gasteiger partial charge in [0.25, 0.3) is 5.91 Å². The summed E-state index contributed by atoms with van der Waals surface area (Å²) in [6.07, 6.45) is 10.0. The number of piperidine rings is 2. The molecular formula is C33H43N5O2. The molecule has 7 heteroatoms. The number of aryl methyl sites for hydroxylation is 2. The number of nitrogens with zero attached hydrogens (tertiary/aromatic N) is 4. The van der Waals surface area contributed by atoms with Gasteiger partial charge in [-0.15, -0.1) is 0 Å². The number of hydrogen-bond acceptors (Lipinski definition) is 4. The molecule has 0 aliphatic carbocycles. The van der Waals surface area contributed by atoms with Gasteiger partial charge in [-0.05, 0) is 93.4 Å². The van der Waals surface area contributed by atoms with Gasteiger partial charge in [0.05, 0.1) is 6.20 Å². The first-order valence-corrected chi connectivity index (χ1v) is 14.9. The lowest BCUT2D eigenvalue weighted by Crippen LogP contribution is -2.39. The first kappa shape index (κ1) is 28.1. The standard InChI is InChI=1S/C33H43N5O2/c1-4-5-16-37-17-12-28(13-18-37)32(39)35-31-21-29(7-6-24(31)2)33(40)38-19-14-27(15-20-38)25-8-10-26(11-9-25)30-22-34-36(3)23-30/h6-11,21-23,27-28H,4-5,12-20H2,1-3H3,(H,35,39). The van der Waals surface area contributed by atoms with Crippen LogP contribution in [0.4, 0.5) is 5.69 Å². The number of carbonyl (C=O) groups excluding carboxylic acids is 2. The third kappa shape index (κ3) is 6.64. The van der Waals surface area contributed by atoms with E-state index in [2.05, 4.69) is 46.5 Å². The molecule has 212 valence electrons. The van der Waals surface area contributed by atoms with Crippen LogP contribution in [-0.4, -0.2) is 64.1 Å². The maximum atomic E-state index is 13.4. The molecule has 0 radical (unpaired) electrons. The largest absolute Gasteiger partial charge is 0.339 e. The van der Waals surface area contributed by atoms with Crippen LogP contribution in [-0.2, 0) is 11.8 Å². The lowest BCUT2D eigenvalue weighted by atomic mass is 9.88. The fourth-order valence-electron chi connectivity index (χ4n) is 6.04. The van der Waals surface area contributed by atoms with E-state index in [1.54, 1.807) is 0 Å². The molecule has 0 bridgehead atoms. The van der Waals surface area contributed by atoms with Crippen molar-refractivity contribution in [3.05, 3.63) is 71.5 Å². The predicted octanol–water partition coefficient (Wildman–Crippen LogP) is 5.87. The van der Waals surface area contributed by atoms with E-state index in [1.807, 2.05) is 54.1 Å². The molecule has 2 fully saturated rings. The van der Waals surface area contributed by atoms with E-state index in [1.165, 1.54) is 24.0 Å². The van der Waals surface area contributed by atoms with Crippen molar-refractivity contribution in [1.82, 2.24) is 19.6 Å². The Morgan fingerprint density at radius 1 is 0.950 bits per heavy atom. The van der Waals surface area contributed by atoms with Crippen LogP contribution in [0.1, 0.15) is 72.9 Å². The highest BCUT2D eigenvalue weighted by molar-refractivity contribution is 5.98. The second kappa shape index (κ2) is 12.8. The van der Waals surface area contributed by atoms with Crippen molar-refractivity contribution in [3.63, 3.8) is 0 Å². The first-order valence-electron chi connectivity index (χ1n) is 14.9. The Morgan fingerprint density at radius 2 is 1.68 bits per heavy atom. The van der Waals surface area contributed by atoms with Crippen molar-refractivity contribution in [2.45, 2.75) is 58.3 Å². The normalized spacial score (nSPS) is 17.2. The van der Waals surface area contributed by atoms with Crippen molar-refractivity contribution in [2.75, 3.05) is 38.0 Å². The second-order valence-electron chi connectivity index (χ2n) is 11.6. The Kier molecular flexibility index (Phi) is 9.00. The number of amides is 2. The number of carbonyl (C=O) groups is 2. The quantitative estimate of drug-likeness (QED) is 0.388. The minimum absolute atomic E-state index is 0.0362. The van der Waals surface area contributed by atoms with Crippen LogP contribution in [0.15, 0.2) is 54.9 Å². The van der Waals surface area contributed by atoms with Crippen molar-refractivity contribution >= 4 is 17.5 Å². The fourth-order valence-corrected chi connectivity index (χ4v) is 6.04. The van der Waals surface area contributed by atoms with Crippen molar-refractivity contribution in [3.8, 4) is 11.1 Å². The zero-order valence-electron chi connectivity index (χ0n) is 24.2. The van der Waals surface area contributed by atoms with Crippen molar-refractivity contribution in [1.29, 1.82) is 0 Å². The Morgan fingerprint density at radius 3 is 2.33 bits per heavy atom. The molecule has 3 aromatic rings. The molecule has 2 aliphatic rings. The van der Waals surface area contributed by atoms with Crippen molar-refractivity contribution < 1.29 is 9.59 Å². The summed E-state index contributed by atoms with van der Waals surface area (Å²) in [6, 6.07) is 14.5. The number of hydrogen-bond donors (Lipinski definition) is 1. The summed E-state index contributed by atoms with van der Waals surface area (Å²) in [4.78, 5) is 30.9. The van der Waals surface area contributed by atoms with Crippen LogP contribution in [0.5, 0.6) is 0 Å². The average molecular weight is 542 g/mol. The second-order valence-corrected chi connectivity index (χ2v) is 11.6. The minimum Gasteiger partial charge on any atom is -0.339 e. The summed E-state index contributed by atoms with van der Waals surface area (Å²) in [6.45, 7) is 8.78. The average Bonchev–Trinajstić information content (AvgIpc) is 3.43. The maximum Gasteiger partial charge on any atom is 0.253 e. The molecule has 0 saturated carbocycles. The number of unbranched alkanes of at least 4 members (excludes halogenated alkanes) is 1. The van der Waals surface area contributed by atoms with E-state index in [-0.39, 0.29) is 17.7 Å². The molecule has 1 aromatic heterocycles. The Hall–Kier alpha value is -3.45. The molecule has 40 heavy (non-hydrogen) atoms. The highest BCUT2D eigenvalue weighted by atomic mass is 16.2. The molecule has 0 spiro atoms. The summed E-state index contributed by atoms with van der Waals surface area (Å²) >= 11 is 0. The molecule has 2 aliphatic heterocycles. The lowest BCUT2D eigenvalue weighted by Gasteiger charge is -2.32. The van der Waals surface area contributed by atoms with Crippen LogP contribution in [0, 0.1) is 12.8 Å². The van der Waals surface area contributed by atoms with Crippen LogP contribution >= 0.6 is 0 Å². The molecule has 2 saturated heterocycles. The maximum absolute atomic E-state index is 13.4. The molecular weight excluding hydrogens is 498 g/mol. The van der Waals surface area contributed by atoms with Crippen LogP contribution in [0.3, 0.4) is 0 Å². The van der Waals surface area contributed by atoms with Crippen LogP contribution in [0.2, 0.25) is 0 Å². The van der Waals surface area contributed by atoms with Gasteiger partial charge >= 0.3 is 0 Å². The summed E-state index contributed by atoms with van der Waals surface area (Å²) in [5.74, 6) is 0.616. The summed E-state index contributed by atoms with van der Waals surface area (Å²) < 4.78 is 1.82. The van der Waals surface area contributed by atoms with Crippen LogP contribution < -0.4 is 5.32 Å². The summed E-state index contributed by atoms with van der Waals surface area (Å²) in [5, 5.41) is 7.42. The zero-order valence-corrected chi connectivity index (χ0v) is 24.2. The van der Waals surface area contributed by atoms with Gasteiger partial charge in [0.15, 0.2) is 0 Å². The van der Waals surface area contributed by atoms with Crippen molar-refractivity contribution in [2.24, 2.45) is 13.0 Å². The Labute approximate surface area is 238 Å². The summed E-state index contributed by atoms with van der Waals surface area (Å²) in [5.41, 5.74) is 6.01. The lowest BCUT2D eigenvalue weighted by molar-refractivity contribution is -0.121. The molecule has 2 amide bonds. The van der Waals surface area contributed by atoms with E-state index >= 15 is 0 Å². The van der Waals surface area contributed by atoms with Gasteiger partial charge in [-0.1, -0.05) is 43.7 Å². The SMILES string of the molecule is CCCCN1CCC(C(=O)Nc2cc(C(=O)N3CCC(c4ccc(-c5cnn(C)c5)cc4)CC3)ccc2C)CC1. The molecule has 0 atom stereocenters. The molecule has 5 rings (SSSR count). The highest BCUT2D eigenvalue weighted by Crippen LogP contribution is 2.31. The number of aromatic nitrogens is 2. The Bertz CT molecular complexity index is 1300. The van der Waals surface area contributed by atoms with Gasteiger partial charge in [0.2, 0.25) is 5.91 Å². The number of likely N-dealkylation sites (tertiary alicyclic amines) is 2. The molecule has 1 N–H and O–H groups in total. The highest BCUT2D eigenvalue weighted by Gasteiger charge is 2.27. The number of nitrogens with one attached hydrogen (secondary N) is 1. The molecule has 7 nitrogen and oxygen atoms in total. The van der Waals surface area contributed by atoms with E-state index in [0.717, 1.165) is 75.2 Å². The molecule has 2 aromatic carbocycles. The third-order valence-electron chi connectivity index (χ3n) is 8.73. The number of benzene rings is 2. The molecule has 0 unspecified atom stereocenters. The first-order chi connectivity index (χ1) is 19.4. The summed E-state index contributed by atoms with van der Waals surface area (Å²) in [7, 11) is 1.93. The van der Waals surface area contributed by atoms with E-state index in [4.69, 9.17) is 0 Å². The minimum atomic E-state index is 0.0362. The zero-order chi connectivity index (χ0) is 28.1. The smallest absolute Gasteiger partial charge is 0.253 e. The third-order valence-corrected chi connectivity index (χ3v) is 8.73. The van der Waals surface area contributed by atoms with Crippen LogP contribution in [0.25, 0.3) is 11.1 Å². The molecule has 3 heterocycles. The number of anilines is 1. The number of rotatable bonds is 8. The van der Waals surface area contributed by atoms with Gasteiger partial charge in [0, 0.05) is 49.1 Å². The van der Waals surface area contributed by atoms with Gasteiger partial charge in [-0.2, -0.15) is 5.10 Å². The monoisotopic (exact) mass is 541 g/mol. The van der Waals surface area contributed by atoms with Gasteiger partial charge in [-0.3, -0.25) is 14.3 Å². The van der Waals surface area contributed by atoms with Gasteiger partial charge < -0.3 is 15.1 Å². The fraction of sp³-hybridized carbons (Fsp3) is 0.485. The topological polar surface area (TPSA) is 70.5 Å².